The molecule has 1 aromatic rings. The van der Waals surface area contributed by atoms with Crippen LogP contribution >= 0.6 is 0 Å². The van der Waals surface area contributed by atoms with Gasteiger partial charge in [0.2, 0.25) is 6.79 Å². The van der Waals surface area contributed by atoms with Gasteiger partial charge in [-0.2, -0.15) is 0 Å². The standard InChI is InChI=1S/C26H35NO5/c1-16-11-17(2)26(14-30-25(28)27-20-7-5-4-6-8-20)13-29-24(23(16)18(26)3)19-9-10-21-22(12-19)32-15-31-21/h9-12,17-18,20,23-24H,4-8,13-15H2,1-3H3,(H,27,28)/t17-,18+,23-,24+,26+/m0/s1. The average molecular weight is 442 g/mol. The van der Waals surface area contributed by atoms with Crippen molar-refractivity contribution in [2.45, 2.75) is 65.0 Å². The Kier molecular flexibility index (Phi) is 5.82. The van der Waals surface area contributed by atoms with E-state index >= 15 is 0 Å². The molecule has 0 unspecified atom stereocenters. The Morgan fingerprint density at radius 3 is 2.75 bits per heavy atom. The lowest BCUT2D eigenvalue weighted by molar-refractivity contribution is -0.165. The summed E-state index contributed by atoms with van der Waals surface area (Å²) in [6, 6.07) is 6.35. The minimum absolute atomic E-state index is 0.0487. The number of rotatable bonds is 4. The molecule has 0 spiro atoms. The number of hydrogen-bond donors (Lipinski definition) is 1. The van der Waals surface area contributed by atoms with E-state index in [1.54, 1.807) is 0 Å². The quantitative estimate of drug-likeness (QED) is 0.636. The smallest absolute Gasteiger partial charge is 0.407 e. The molecule has 1 amide bonds. The summed E-state index contributed by atoms with van der Waals surface area (Å²) >= 11 is 0. The zero-order valence-corrected chi connectivity index (χ0v) is 19.4. The third-order valence-electron chi connectivity index (χ3n) is 8.37. The van der Waals surface area contributed by atoms with Crippen LogP contribution in [0.3, 0.4) is 0 Å². The Morgan fingerprint density at radius 2 is 1.94 bits per heavy atom. The van der Waals surface area contributed by atoms with Crippen LogP contribution in [0.4, 0.5) is 4.79 Å². The summed E-state index contributed by atoms with van der Waals surface area (Å²) in [4.78, 5) is 12.6. The van der Waals surface area contributed by atoms with Crippen molar-refractivity contribution in [3.8, 4) is 11.5 Å². The number of fused-ring (bicyclic) bond motifs is 3. The molecular weight excluding hydrogens is 406 g/mol. The summed E-state index contributed by atoms with van der Waals surface area (Å²) in [5.41, 5.74) is 2.23. The van der Waals surface area contributed by atoms with Crippen LogP contribution < -0.4 is 14.8 Å². The predicted molar refractivity (Wildman–Crippen MR) is 121 cm³/mol. The Balaban J connectivity index is 1.32. The van der Waals surface area contributed by atoms with Gasteiger partial charge in [-0.1, -0.05) is 50.8 Å². The van der Waals surface area contributed by atoms with Crippen molar-refractivity contribution in [1.82, 2.24) is 5.32 Å². The molecule has 2 fully saturated rings. The Bertz CT molecular complexity index is 892. The third-order valence-corrected chi connectivity index (χ3v) is 8.37. The highest BCUT2D eigenvalue weighted by molar-refractivity contribution is 5.67. The molecule has 1 aromatic carbocycles. The maximum absolute atomic E-state index is 12.6. The van der Waals surface area contributed by atoms with Crippen LogP contribution in [-0.4, -0.2) is 32.1 Å². The van der Waals surface area contributed by atoms with Crippen LogP contribution in [0.25, 0.3) is 0 Å². The number of benzene rings is 1. The van der Waals surface area contributed by atoms with E-state index in [1.807, 2.05) is 12.1 Å². The van der Waals surface area contributed by atoms with Crippen LogP contribution in [0.5, 0.6) is 11.5 Å². The van der Waals surface area contributed by atoms with Crippen molar-refractivity contribution in [3.05, 3.63) is 35.4 Å². The van der Waals surface area contributed by atoms with Crippen molar-refractivity contribution >= 4 is 6.09 Å². The summed E-state index contributed by atoms with van der Waals surface area (Å²) in [5, 5.41) is 3.08. The van der Waals surface area contributed by atoms with Gasteiger partial charge in [-0.3, -0.25) is 0 Å². The maximum atomic E-state index is 12.6. The molecule has 6 nitrogen and oxygen atoms in total. The summed E-state index contributed by atoms with van der Waals surface area (Å²) in [5.74, 6) is 2.38. The molecule has 2 heterocycles. The fraction of sp³-hybridized carbons (Fsp3) is 0.654. The van der Waals surface area contributed by atoms with E-state index in [0.29, 0.717) is 19.1 Å². The second-order valence-corrected chi connectivity index (χ2v) is 10.1. The molecule has 0 aromatic heterocycles. The van der Waals surface area contributed by atoms with Gasteiger partial charge in [-0.15, -0.1) is 0 Å². The van der Waals surface area contributed by atoms with E-state index in [9.17, 15) is 4.79 Å². The van der Waals surface area contributed by atoms with E-state index in [4.69, 9.17) is 18.9 Å². The first-order valence-electron chi connectivity index (χ1n) is 12.1. The fourth-order valence-corrected chi connectivity index (χ4v) is 6.30. The average Bonchev–Trinajstić information content (AvgIpc) is 3.25. The molecule has 1 N–H and O–H groups in total. The minimum atomic E-state index is -0.286. The number of hydrogen-bond acceptors (Lipinski definition) is 5. The Labute approximate surface area is 190 Å². The van der Waals surface area contributed by atoms with E-state index in [0.717, 1.165) is 29.9 Å². The van der Waals surface area contributed by atoms with Gasteiger partial charge in [0.05, 0.1) is 12.7 Å². The third kappa shape index (κ3) is 3.76. The molecule has 4 aliphatic rings. The van der Waals surface area contributed by atoms with Gasteiger partial charge in [0.15, 0.2) is 11.5 Å². The van der Waals surface area contributed by atoms with Crippen molar-refractivity contribution in [1.29, 1.82) is 0 Å². The second-order valence-electron chi connectivity index (χ2n) is 10.1. The van der Waals surface area contributed by atoms with Crippen molar-refractivity contribution in [2.75, 3.05) is 20.0 Å². The first kappa shape index (κ1) is 21.6. The molecule has 1 saturated heterocycles. The lowest BCUT2D eigenvalue weighted by atomic mass is 9.56. The second kappa shape index (κ2) is 8.62. The molecule has 0 radical (unpaired) electrons. The molecule has 6 heteroatoms. The van der Waals surface area contributed by atoms with Gasteiger partial charge < -0.3 is 24.3 Å². The summed E-state index contributed by atoms with van der Waals surface area (Å²) in [6.07, 6.45) is 7.76. The number of ether oxygens (including phenoxy) is 4. The highest BCUT2D eigenvalue weighted by Gasteiger charge is 2.54. The number of nitrogens with one attached hydrogen (secondary N) is 1. The van der Waals surface area contributed by atoms with Gasteiger partial charge in [0.25, 0.3) is 0 Å². The molecule has 5 atom stereocenters. The fourth-order valence-electron chi connectivity index (χ4n) is 6.30. The highest BCUT2D eigenvalue weighted by atomic mass is 16.7. The number of amides is 1. The molecule has 32 heavy (non-hydrogen) atoms. The Hall–Kier alpha value is -2.21. The van der Waals surface area contributed by atoms with Crippen molar-refractivity contribution < 1.29 is 23.7 Å². The van der Waals surface area contributed by atoms with Gasteiger partial charge in [-0.05, 0) is 49.3 Å². The Morgan fingerprint density at radius 1 is 1.16 bits per heavy atom. The zero-order valence-electron chi connectivity index (χ0n) is 19.4. The number of alkyl carbamates (subject to hydrolysis) is 1. The molecule has 1 saturated carbocycles. The molecular formula is C26H35NO5. The molecule has 5 rings (SSSR count). The van der Waals surface area contributed by atoms with Crippen molar-refractivity contribution in [2.24, 2.45) is 23.2 Å². The van der Waals surface area contributed by atoms with Crippen LogP contribution in [0, 0.1) is 23.2 Å². The van der Waals surface area contributed by atoms with Gasteiger partial charge in [0, 0.05) is 17.4 Å². The maximum Gasteiger partial charge on any atom is 0.407 e. The predicted octanol–water partition coefficient (Wildman–Crippen LogP) is 5.38. The highest BCUT2D eigenvalue weighted by Crippen LogP contribution is 2.56. The largest absolute Gasteiger partial charge is 0.454 e. The van der Waals surface area contributed by atoms with E-state index < -0.39 is 0 Å². The zero-order chi connectivity index (χ0) is 22.3. The van der Waals surface area contributed by atoms with Crippen LogP contribution in [-0.2, 0) is 9.47 Å². The summed E-state index contributed by atoms with van der Waals surface area (Å²) < 4.78 is 23.5. The van der Waals surface area contributed by atoms with Crippen LogP contribution in [0.2, 0.25) is 0 Å². The van der Waals surface area contributed by atoms with E-state index in [-0.39, 0.29) is 42.3 Å². The molecule has 174 valence electrons. The van der Waals surface area contributed by atoms with E-state index in [1.165, 1.54) is 24.8 Å². The SMILES string of the molecule is CC1=C[C@H](C)[C@]2(COC(=O)NC3CCCCC3)CO[C@H](c3ccc4c(c3)OCO4)[C@@H]1[C@H]2C. The summed E-state index contributed by atoms with van der Waals surface area (Å²) in [7, 11) is 0. The number of allylic oxidation sites excluding steroid dienone is 1. The molecule has 2 aliphatic heterocycles. The van der Waals surface area contributed by atoms with Gasteiger partial charge >= 0.3 is 6.09 Å². The molecule has 2 aliphatic carbocycles. The monoisotopic (exact) mass is 441 g/mol. The minimum Gasteiger partial charge on any atom is -0.454 e. The van der Waals surface area contributed by atoms with Gasteiger partial charge in [0.1, 0.15) is 6.61 Å². The van der Waals surface area contributed by atoms with Crippen molar-refractivity contribution in [3.63, 3.8) is 0 Å². The first-order valence-corrected chi connectivity index (χ1v) is 12.1. The first-order chi connectivity index (χ1) is 15.5. The lowest BCUT2D eigenvalue weighted by Gasteiger charge is -2.55. The van der Waals surface area contributed by atoms with Gasteiger partial charge in [-0.25, -0.2) is 4.79 Å². The summed E-state index contributed by atoms with van der Waals surface area (Å²) in [6.45, 7) is 7.93. The van der Waals surface area contributed by atoms with E-state index in [2.05, 4.69) is 38.2 Å². The number of carbonyl (C=O) groups is 1. The van der Waals surface area contributed by atoms with Crippen LogP contribution in [0.15, 0.2) is 29.8 Å². The lowest BCUT2D eigenvalue weighted by Crippen LogP contribution is -2.55. The normalized spacial score (nSPS) is 34.0. The molecule has 2 bridgehead atoms. The topological polar surface area (TPSA) is 66.0 Å². The van der Waals surface area contributed by atoms with Crippen LogP contribution in [0.1, 0.15) is 64.5 Å². The number of carbonyl (C=O) groups excluding carboxylic acids is 1.